The molecule has 1 rings (SSSR count). The lowest BCUT2D eigenvalue weighted by Crippen LogP contribution is -2.23. The van der Waals surface area contributed by atoms with Crippen LogP contribution >= 0.6 is 0 Å². The molecule has 0 bridgehead atoms. The van der Waals surface area contributed by atoms with Gasteiger partial charge in [-0.3, -0.25) is 0 Å². The van der Waals surface area contributed by atoms with Gasteiger partial charge in [0.1, 0.15) is 7.85 Å². The maximum Gasteiger partial charge on any atom is 0.109 e. The van der Waals surface area contributed by atoms with E-state index in [4.69, 9.17) is 0 Å². The van der Waals surface area contributed by atoms with Crippen molar-refractivity contribution in [3.63, 3.8) is 0 Å². The van der Waals surface area contributed by atoms with Crippen LogP contribution in [0.2, 0.25) is 5.31 Å². The van der Waals surface area contributed by atoms with Crippen LogP contribution in [0.5, 0.6) is 0 Å². The van der Waals surface area contributed by atoms with Crippen molar-refractivity contribution in [2.45, 2.75) is 51.8 Å². The highest BCUT2D eigenvalue weighted by atomic mass is 14.3. The zero-order valence-corrected chi connectivity index (χ0v) is 8.48. The summed E-state index contributed by atoms with van der Waals surface area (Å²) in [6.07, 6.45) is 5.82. The fourth-order valence-electron chi connectivity index (χ4n) is 2.33. The lowest BCUT2D eigenvalue weighted by atomic mass is 9.57. The van der Waals surface area contributed by atoms with Crippen molar-refractivity contribution in [1.29, 1.82) is 0 Å². The third kappa shape index (κ3) is 2.54. The average molecular weight is 152 g/mol. The molecule has 1 saturated carbocycles. The first-order valence-corrected chi connectivity index (χ1v) is 5.01. The van der Waals surface area contributed by atoms with Gasteiger partial charge in [0.2, 0.25) is 0 Å². The van der Waals surface area contributed by atoms with E-state index in [2.05, 4.69) is 28.6 Å². The Kier molecular flexibility index (Phi) is 2.67. The van der Waals surface area contributed by atoms with Crippen LogP contribution in [0.1, 0.15) is 46.5 Å². The van der Waals surface area contributed by atoms with Gasteiger partial charge >= 0.3 is 0 Å². The van der Waals surface area contributed by atoms with Crippen molar-refractivity contribution >= 4 is 7.85 Å². The van der Waals surface area contributed by atoms with Crippen molar-refractivity contribution in [2.24, 2.45) is 11.8 Å². The molecule has 11 heavy (non-hydrogen) atoms. The van der Waals surface area contributed by atoms with E-state index < -0.39 is 0 Å². The summed E-state index contributed by atoms with van der Waals surface area (Å²) in [4.78, 5) is 0. The maximum absolute atomic E-state index is 2.42. The highest BCUT2D eigenvalue weighted by Gasteiger charge is 2.28. The fraction of sp³-hybridized carbons (Fsp3) is 1.00. The van der Waals surface area contributed by atoms with E-state index in [1.165, 1.54) is 25.7 Å². The van der Waals surface area contributed by atoms with Gasteiger partial charge in [0, 0.05) is 0 Å². The van der Waals surface area contributed by atoms with Gasteiger partial charge in [0.05, 0.1) is 0 Å². The lowest BCUT2D eigenvalue weighted by molar-refractivity contribution is 0.237. The smallest absolute Gasteiger partial charge is 0.0669 e. The van der Waals surface area contributed by atoms with Crippen LogP contribution in [-0.2, 0) is 0 Å². The Morgan fingerprint density at radius 1 is 1.45 bits per heavy atom. The Morgan fingerprint density at radius 2 is 2.09 bits per heavy atom. The predicted molar refractivity (Wildman–Crippen MR) is 53.7 cm³/mol. The summed E-state index contributed by atoms with van der Waals surface area (Å²) in [7, 11) is 2.42. The third-order valence-electron chi connectivity index (χ3n) is 3.19. The minimum absolute atomic E-state index is 0.632. The molecule has 0 heterocycles. The molecule has 0 spiro atoms. The van der Waals surface area contributed by atoms with Crippen molar-refractivity contribution in [3.05, 3.63) is 0 Å². The summed E-state index contributed by atoms with van der Waals surface area (Å²) in [6.45, 7) is 7.15. The Hall–Kier alpha value is 0.0649. The molecule has 1 aliphatic rings. The van der Waals surface area contributed by atoms with Gasteiger partial charge in [-0.25, -0.2) is 0 Å². The molecule has 1 aliphatic carbocycles. The topological polar surface area (TPSA) is 0 Å². The molecule has 0 radical (unpaired) electrons. The van der Waals surface area contributed by atoms with E-state index in [0.29, 0.717) is 5.31 Å². The average Bonchev–Trinajstić information content (AvgIpc) is 1.85. The van der Waals surface area contributed by atoms with Crippen LogP contribution in [0.15, 0.2) is 0 Å². The molecule has 0 aromatic heterocycles. The standard InChI is InChI=1S/C10H21B/c1-8(2)9-5-4-6-10(3,11)7-9/h8-9H,4-7,11H2,1-3H3. The van der Waals surface area contributed by atoms with Crippen molar-refractivity contribution < 1.29 is 0 Å². The Labute approximate surface area is 72.2 Å². The van der Waals surface area contributed by atoms with Gasteiger partial charge < -0.3 is 0 Å². The Balaban J connectivity index is 2.46. The van der Waals surface area contributed by atoms with Gasteiger partial charge in [0.15, 0.2) is 0 Å². The van der Waals surface area contributed by atoms with Crippen LogP contribution in [0, 0.1) is 11.8 Å². The summed E-state index contributed by atoms with van der Waals surface area (Å²) < 4.78 is 0. The van der Waals surface area contributed by atoms with Crippen molar-refractivity contribution in [1.82, 2.24) is 0 Å². The second-order valence-corrected chi connectivity index (χ2v) is 5.26. The van der Waals surface area contributed by atoms with Gasteiger partial charge in [-0.15, -0.1) is 0 Å². The molecule has 0 saturated heterocycles. The number of rotatable bonds is 1. The van der Waals surface area contributed by atoms with Crippen LogP contribution in [0.3, 0.4) is 0 Å². The highest BCUT2D eigenvalue weighted by molar-refractivity contribution is 6.14. The zero-order valence-electron chi connectivity index (χ0n) is 8.48. The maximum atomic E-state index is 2.42. The van der Waals surface area contributed by atoms with E-state index in [-0.39, 0.29) is 0 Å². The molecular formula is C10H21B. The van der Waals surface area contributed by atoms with Gasteiger partial charge in [-0.2, -0.15) is 0 Å². The van der Waals surface area contributed by atoms with E-state index in [0.717, 1.165) is 11.8 Å². The van der Waals surface area contributed by atoms with Crippen LogP contribution in [0.25, 0.3) is 0 Å². The normalized spacial score (nSPS) is 39.5. The first-order chi connectivity index (χ1) is 5.01. The van der Waals surface area contributed by atoms with Crippen LogP contribution in [0.4, 0.5) is 0 Å². The number of hydrogen-bond acceptors (Lipinski definition) is 0. The molecular weight excluding hydrogens is 131 g/mol. The van der Waals surface area contributed by atoms with E-state index in [1.54, 1.807) is 0 Å². The molecule has 1 fully saturated rings. The molecule has 2 unspecified atom stereocenters. The molecule has 64 valence electrons. The van der Waals surface area contributed by atoms with Crippen molar-refractivity contribution in [2.75, 3.05) is 0 Å². The highest BCUT2D eigenvalue weighted by Crippen LogP contribution is 2.44. The minimum atomic E-state index is 0.632. The van der Waals surface area contributed by atoms with E-state index in [1.807, 2.05) is 0 Å². The molecule has 0 N–H and O–H groups in total. The molecule has 0 nitrogen and oxygen atoms in total. The van der Waals surface area contributed by atoms with Crippen molar-refractivity contribution in [3.8, 4) is 0 Å². The summed E-state index contributed by atoms with van der Waals surface area (Å²) in [5.41, 5.74) is 0. The van der Waals surface area contributed by atoms with Gasteiger partial charge in [-0.1, -0.05) is 51.8 Å². The largest absolute Gasteiger partial charge is 0.109 e. The first-order valence-electron chi connectivity index (χ1n) is 5.01. The van der Waals surface area contributed by atoms with Crippen LogP contribution in [-0.4, -0.2) is 7.85 Å². The Bertz CT molecular complexity index is 127. The summed E-state index contributed by atoms with van der Waals surface area (Å²) in [5.74, 6) is 1.90. The van der Waals surface area contributed by atoms with E-state index >= 15 is 0 Å². The molecule has 1 heteroatoms. The third-order valence-corrected chi connectivity index (χ3v) is 3.19. The predicted octanol–water partition coefficient (Wildman–Crippen LogP) is 2.64. The minimum Gasteiger partial charge on any atom is -0.0669 e. The van der Waals surface area contributed by atoms with Gasteiger partial charge in [0.25, 0.3) is 0 Å². The van der Waals surface area contributed by atoms with E-state index in [9.17, 15) is 0 Å². The lowest BCUT2D eigenvalue weighted by Gasteiger charge is -2.37. The quantitative estimate of drug-likeness (QED) is 0.506. The molecule has 0 aromatic rings. The number of hydrogen-bond donors (Lipinski definition) is 0. The van der Waals surface area contributed by atoms with Crippen LogP contribution < -0.4 is 0 Å². The monoisotopic (exact) mass is 152 g/mol. The molecule has 0 amide bonds. The Morgan fingerprint density at radius 3 is 2.45 bits per heavy atom. The molecule has 2 atom stereocenters. The molecule has 0 aliphatic heterocycles. The molecule has 0 aromatic carbocycles. The summed E-state index contributed by atoms with van der Waals surface area (Å²) in [6, 6.07) is 0. The second-order valence-electron chi connectivity index (χ2n) is 5.26. The second kappa shape index (κ2) is 3.20. The summed E-state index contributed by atoms with van der Waals surface area (Å²) in [5, 5.41) is 0.632. The zero-order chi connectivity index (χ0) is 8.48. The SMILES string of the molecule is BC1(C)CCCC(C(C)C)C1. The summed E-state index contributed by atoms with van der Waals surface area (Å²) >= 11 is 0. The first kappa shape index (κ1) is 9.16. The van der Waals surface area contributed by atoms with Gasteiger partial charge in [-0.05, 0) is 11.8 Å². The fourth-order valence-corrected chi connectivity index (χ4v) is 2.33.